The molecule has 1 N–H and O–H groups in total. The Hall–Kier alpha value is -3.35. The number of hydrogen-bond acceptors (Lipinski definition) is 5. The van der Waals surface area contributed by atoms with Crippen LogP contribution in [0.4, 0.5) is 11.4 Å². The highest BCUT2D eigenvalue weighted by Crippen LogP contribution is 2.49. The van der Waals surface area contributed by atoms with Gasteiger partial charge in [0.2, 0.25) is 0 Å². The van der Waals surface area contributed by atoms with Crippen LogP contribution in [0.15, 0.2) is 72.8 Å². The Labute approximate surface area is 212 Å². The zero-order chi connectivity index (χ0) is 24.5. The van der Waals surface area contributed by atoms with Gasteiger partial charge in [-0.05, 0) is 61.6 Å². The quantitative estimate of drug-likeness (QED) is 0.563. The van der Waals surface area contributed by atoms with E-state index in [0.717, 1.165) is 61.8 Å². The maximum absolute atomic E-state index is 13.0. The summed E-state index contributed by atoms with van der Waals surface area (Å²) >= 11 is 0. The minimum absolute atomic E-state index is 0.0462. The van der Waals surface area contributed by atoms with Crippen LogP contribution in [0.5, 0.6) is 11.5 Å². The van der Waals surface area contributed by atoms with Crippen molar-refractivity contribution in [3.8, 4) is 11.5 Å². The van der Waals surface area contributed by atoms with Crippen molar-refractivity contribution in [3.63, 3.8) is 0 Å². The summed E-state index contributed by atoms with van der Waals surface area (Å²) in [5.74, 6) is 1.51. The predicted molar refractivity (Wildman–Crippen MR) is 141 cm³/mol. The number of aliphatic hydroxyl groups excluding tert-OH is 1. The molecule has 0 aliphatic carbocycles. The van der Waals surface area contributed by atoms with E-state index in [1.807, 2.05) is 30.3 Å². The maximum atomic E-state index is 13.0. The molecule has 0 saturated carbocycles. The van der Waals surface area contributed by atoms with Gasteiger partial charge in [-0.15, -0.1) is 0 Å². The van der Waals surface area contributed by atoms with Gasteiger partial charge in [0.15, 0.2) is 11.5 Å². The van der Waals surface area contributed by atoms with Crippen molar-refractivity contribution in [3.05, 3.63) is 83.9 Å². The summed E-state index contributed by atoms with van der Waals surface area (Å²) in [6.07, 6.45) is 3.45. The first-order valence-electron chi connectivity index (χ1n) is 13.1. The van der Waals surface area contributed by atoms with Crippen LogP contribution < -0.4 is 9.64 Å². The Morgan fingerprint density at radius 2 is 1.61 bits per heavy atom. The van der Waals surface area contributed by atoms with Crippen molar-refractivity contribution in [1.82, 2.24) is 9.80 Å². The number of fused-ring (bicyclic) bond motifs is 2. The van der Waals surface area contributed by atoms with E-state index < -0.39 is 6.10 Å². The molecule has 0 spiro atoms. The van der Waals surface area contributed by atoms with E-state index in [1.54, 1.807) is 4.90 Å². The summed E-state index contributed by atoms with van der Waals surface area (Å²) in [7, 11) is 0. The minimum Gasteiger partial charge on any atom is -0.453 e. The summed E-state index contributed by atoms with van der Waals surface area (Å²) in [5, 5.41) is 9.86. The van der Waals surface area contributed by atoms with Crippen LogP contribution in [-0.4, -0.2) is 65.7 Å². The third-order valence-electron chi connectivity index (χ3n) is 7.74. The Kier molecular flexibility index (Phi) is 6.38. The average Bonchev–Trinajstić information content (AvgIpc) is 3.37. The van der Waals surface area contributed by atoms with Crippen LogP contribution in [-0.2, 0) is 6.42 Å². The van der Waals surface area contributed by atoms with Crippen molar-refractivity contribution in [2.24, 2.45) is 0 Å². The second-order valence-corrected chi connectivity index (χ2v) is 10.1. The third-order valence-corrected chi connectivity index (χ3v) is 7.74. The number of carbonyl (C=O) groups excluding carboxylic acids is 1. The molecule has 0 bridgehead atoms. The van der Waals surface area contributed by atoms with Crippen molar-refractivity contribution >= 4 is 17.3 Å². The van der Waals surface area contributed by atoms with Gasteiger partial charge in [-0.2, -0.15) is 0 Å². The van der Waals surface area contributed by atoms with Crippen molar-refractivity contribution < 1.29 is 14.6 Å². The first kappa shape index (κ1) is 23.1. The molecule has 186 valence electrons. The lowest BCUT2D eigenvalue weighted by atomic mass is 9.99. The molecule has 3 aromatic carbocycles. The fourth-order valence-electron chi connectivity index (χ4n) is 5.75. The zero-order valence-corrected chi connectivity index (χ0v) is 20.6. The van der Waals surface area contributed by atoms with Crippen molar-refractivity contribution in [2.75, 3.05) is 37.6 Å². The van der Waals surface area contributed by atoms with Gasteiger partial charge in [-0.25, -0.2) is 0 Å². The molecule has 3 heterocycles. The molecule has 3 aromatic rings. The SMILES string of the molecule is O=C(c1ccc2c(c1)Oc1ccccc1N2C1CCN(CCc2ccccc2)CC1)N1CCC(O)C1. The second kappa shape index (κ2) is 9.96. The lowest BCUT2D eigenvalue weighted by Gasteiger charge is -2.42. The molecule has 6 heteroatoms. The highest BCUT2D eigenvalue weighted by atomic mass is 16.5. The van der Waals surface area contributed by atoms with Gasteiger partial charge >= 0.3 is 0 Å². The van der Waals surface area contributed by atoms with E-state index in [1.165, 1.54) is 5.56 Å². The number of amides is 1. The molecule has 6 rings (SSSR count). The van der Waals surface area contributed by atoms with Crippen LogP contribution in [0.25, 0.3) is 0 Å². The minimum atomic E-state index is -0.427. The van der Waals surface area contributed by atoms with Crippen LogP contribution in [0.1, 0.15) is 35.2 Å². The lowest BCUT2D eigenvalue weighted by molar-refractivity contribution is 0.0764. The summed E-state index contributed by atoms with van der Waals surface area (Å²) < 4.78 is 6.31. The number of nitrogens with zero attached hydrogens (tertiary/aromatic N) is 3. The van der Waals surface area contributed by atoms with E-state index in [2.05, 4.69) is 52.3 Å². The van der Waals surface area contributed by atoms with Gasteiger partial charge in [0.05, 0.1) is 17.5 Å². The maximum Gasteiger partial charge on any atom is 0.254 e. The van der Waals surface area contributed by atoms with Gasteiger partial charge in [0.1, 0.15) is 0 Å². The molecular formula is C30H33N3O3. The van der Waals surface area contributed by atoms with Gasteiger partial charge in [0, 0.05) is 44.3 Å². The molecule has 3 aliphatic rings. The molecule has 1 atom stereocenters. The van der Waals surface area contributed by atoms with E-state index in [-0.39, 0.29) is 5.91 Å². The number of β-amino-alcohol motifs (C(OH)–C–C–N with tert-alkyl or cyclic N) is 1. The number of hydrogen-bond donors (Lipinski definition) is 1. The summed E-state index contributed by atoms with van der Waals surface area (Å²) in [6.45, 7) is 4.22. The Bertz CT molecular complexity index is 1220. The molecule has 1 unspecified atom stereocenters. The molecule has 6 nitrogen and oxygen atoms in total. The largest absolute Gasteiger partial charge is 0.453 e. The summed E-state index contributed by atoms with van der Waals surface area (Å²) in [5.41, 5.74) is 4.12. The van der Waals surface area contributed by atoms with E-state index in [0.29, 0.717) is 31.1 Å². The van der Waals surface area contributed by atoms with Crippen LogP contribution in [0.3, 0.4) is 0 Å². The van der Waals surface area contributed by atoms with E-state index in [9.17, 15) is 9.90 Å². The highest BCUT2D eigenvalue weighted by molar-refractivity contribution is 5.96. The van der Waals surface area contributed by atoms with Gasteiger partial charge < -0.3 is 24.5 Å². The first-order valence-corrected chi connectivity index (χ1v) is 13.1. The van der Waals surface area contributed by atoms with Gasteiger partial charge in [-0.1, -0.05) is 42.5 Å². The zero-order valence-electron chi connectivity index (χ0n) is 20.6. The Morgan fingerprint density at radius 3 is 2.39 bits per heavy atom. The molecular weight excluding hydrogens is 450 g/mol. The topological polar surface area (TPSA) is 56.2 Å². The number of benzene rings is 3. The Morgan fingerprint density at radius 1 is 0.861 bits per heavy atom. The normalized spacial score (nSPS) is 20.1. The monoisotopic (exact) mass is 483 g/mol. The predicted octanol–water partition coefficient (Wildman–Crippen LogP) is 4.84. The number of ether oxygens (including phenoxy) is 1. The lowest BCUT2D eigenvalue weighted by Crippen LogP contribution is -2.44. The third kappa shape index (κ3) is 4.59. The van der Waals surface area contributed by atoms with Crippen LogP contribution in [0, 0.1) is 0 Å². The van der Waals surface area contributed by atoms with Gasteiger partial charge in [0.25, 0.3) is 5.91 Å². The number of rotatable bonds is 5. The number of carbonyl (C=O) groups is 1. The Balaban J connectivity index is 1.20. The molecule has 0 aromatic heterocycles. The first-order chi connectivity index (χ1) is 17.7. The van der Waals surface area contributed by atoms with Crippen LogP contribution >= 0.6 is 0 Å². The van der Waals surface area contributed by atoms with E-state index >= 15 is 0 Å². The van der Waals surface area contributed by atoms with Crippen molar-refractivity contribution in [2.45, 2.75) is 37.8 Å². The van der Waals surface area contributed by atoms with Crippen molar-refractivity contribution in [1.29, 1.82) is 0 Å². The average molecular weight is 484 g/mol. The fraction of sp³-hybridized carbons (Fsp3) is 0.367. The molecule has 0 radical (unpaired) electrons. The number of likely N-dealkylation sites (tertiary alicyclic amines) is 2. The molecule has 3 aliphatic heterocycles. The number of piperidine rings is 1. The molecule has 36 heavy (non-hydrogen) atoms. The fourth-order valence-corrected chi connectivity index (χ4v) is 5.75. The second-order valence-electron chi connectivity index (χ2n) is 10.1. The number of para-hydroxylation sites is 2. The molecule has 2 saturated heterocycles. The summed E-state index contributed by atoms with van der Waals surface area (Å²) in [6, 6.07) is 25.1. The summed E-state index contributed by atoms with van der Waals surface area (Å²) in [4.78, 5) is 19.8. The van der Waals surface area contributed by atoms with Gasteiger partial charge in [-0.3, -0.25) is 4.79 Å². The molecule has 2 fully saturated rings. The van der Waals surface area contributed by atoms with Crippen LogP contribution in [0.2, 0.25) is 0 Å². The highest BCUT2D eigenvalue weighted by Gasteiger charge is 2.33. The number of anilines is 2. The van der Waals surface area contributed by atoms with E-state index in [4.69, 9.17) is 4.74 Å². The number of aliphatic hydroxyl groups is 1. The standard InChI is InChI=1S/C30H33N3O3/c34-25-15-19-32(21-25)30(35)23-10-11-27-29(20-23)36-28-9-5-4-8-26(28)33(27)24-13-17-31(18-14-24)16-12-22-6-2-1-3-7-22/h1-11,20,24-25,34H,12-19,21H2. The smallest absolute Gasteiger partial charge is 0.254 e. The molecule has 1 amide bonds.